The fourth-order valence-corrected chi connectivity index (χ4v) is 3.58. The maximum absolute atomic E-state index is 12.8. The molecule has 4 atom stereocenters. The third kappa shape index (κ3) is 4.45. The number of aliphatic hydroxyl groups is 2. The predicted molar refractivity (Wildman–Crippen MR) is 104 cm³/mol. The summed E-state index contributed by atoms with van der Waals surface area (Å²) in [5, 5.41) is 20.1. The van der Waals surface area contributed by atoms with Crippen molar-refractivity contribution in [2.75, 3.05) is 13.7 Å². The second kappa shape index (κ2) is 8.59. The van der Waals surface area contributed by atoms with Crippen molar-refractivity contribution in [1.82, 2.24) is 4.90 Å². The van der Waals surface area contributed by atoms with Gasteiger partial charge in [-0.05, 0) is 35.4 Å². The lowest BCUT2D eigenvalue weighted by Gasteiger charge is -2.43. The summed E-state index contributed by atoms with van der Waals surface area (Å²) in [5.74, 6) is -0.243. The van der Waals surface area contributed by atoms with Crippen LogP contribution in [0.4, 0.5) is 0 Å². The molecule has 0 aromatic heterocycles. The number of morpholine rings is 1. The van der Waals surface area contributed by atoms with Crippen molar-refractivity contribution >= 4 is 29.1 Å². The molecule has 0 radical (unpaired) electrons. The fraction of sp³-hybridized carbons (Fsp3) is 0.350. The molecule has 0 bridgehead atoms. The van der Waals surface area contributed by atoms with Gasteiger partial charge in [0.05, 0.1) is 18.8 Å². The Morgan fingerprint density at radius 1 is 1.04 bits per heavy atom. The molecule has 0 saturated carbocycles. The number of ether oxygens (including phenoxy) is 1. The van der Waals surface area contributed by atoms with E-state index >= 15 is 0 Å². The van der Waals surface area contributed by atoms with Crippen LogP contribution in [0.1, 0.15) is 29.7 Å². The van der Waals surface area contributed by atoms with E-state index in [1.807, 2.05) is 24.3 Å². The first kappa shape index (κ1) is 20.1. The second-order valence-corrected chi connectivity index (χ2v) is 7.49. The van der Waals surface area contributed by atoms with Gasteiger partial charge >= 0.3 is 0 Å². The van der Waals surface area contributed by atoms with Gasteiger partial charge in [0.15, 0.2) is 0 Å². The molecule has 1 aliphatic rings. The number of hydrogen-bond donors (Lipinski definition) is 2. The molecule has 0 aliphatic carbocycles. The molecule has 0 unspecified atom stereocenters. The van der Waals surface area contributed by atoms with E-state index in [-0.39, 0.29) is 18.4 Å². The van der Waals surface area contributed by atoms with Crippen LogP contribution in [-0.4, -0.2) is 46.9 Å². The van der Waals surface area contributed by atoms with E-state index in [2.05, 4.69) is 0 Å². The Morgan fingerprint density at radius 2 is 1.56 bits per heavy atom. The molecule has 5 nitrogen and oxygen atoms in total. The predicted octanol–water partition coefficient (Wildman–Crippen LogP) is 3.38. The summed E-state index contributed by atoms with van der Waals surface area (Å²) in [4.78, 5) is 14.4. The van der Waals surface area contributed by atoms with E-state index in [4.69, 9.17) is 33.0 Å². The quantitative estimate of drug-likeness (QED) is 0.793. The molecule has 1 amide bonds. The summed E-state index contributed by atoms with van der Waals surface area (Å²) in [6, 6.07) is 14.2. The molecule has 1 saturated heterocycles. The van der Waals surface area contributed by atoms with Gasteiger partial charge < -0.3 is 19.8 Å². The van der Waals surface area contributed by atoms with Crippen molar-refractivity contribution in [1.29, 1.82) is 0 Å². The molecule has 1 fully saturated rings. The van der Waals surface area contributed by atoms with Gasteiger partial charge in [-0.25, -0.2) is 0 Å². The average Bonchev–Trinajstić information content (AvgIpc) is 2.67. The average molecular weight is 410 g/mol. The first-order valence-electron chi connectivity index (χ1n) is 8.62. The standard InChI is InChI=1S/C20H21Cl2NO4/c1-23-18(12-2-6-14(21)7-3-12)19(13-4-8-15(22)9-5-13)27-17(20(23)26)10-16(25)11-24/h2-9,16-19,24-25H,10-11H2,1H3/t16-,17+,18-,19+/m0/s1. The molecular formula is C20H21Cl2NO4. The minimum atomic E-state index is -1.02. The van der Waals surface area contributed by atoms with Crippen LogP contribution in [-0.2, 0) is 9.53 Å². The normalized spacial score (nSPS) is 24.1. The Balaban J connectivity index is 1.99. The molecule has 144 valence electrons. The highest BCUT2D eigenvalue weighted by molar-refractivity contribution is 6.30. The van der Waals surface area contributed by atoms with Crippen LogP contribution < -0.4 is 0 Å². The zero-order valence-electron chi connectivity index (χ0n) is 14.8. The topological polar surface area (TPSA) is 70.0 Å². The van der Waals surface area contributed by atoms with Gasteiger partial charge in [0.1, 0.15) is 12.2 Å². The van der Waals surface area contributed by atoms with Crippen LogP contribution in [0.2, 0.25) is 10.0 Å². The Hall–Kier alpha value is -1.63. The van der Waals surface area contributed by atoms with Crippen molar-refractivity contribution in [3.05, 3.63) is 69.7 Å². The van der Waals surface area contributed by atoms with E-state index in [1.165, 1.54) is 0 Å². The molecule has 27 heavy (non-hydrogen) atoms. The van der Waals surface area contributed by atoms with Crippen molar-refractivity contribution in [2.24, 2.45) is 0 Å². The zero-order valence-corrected chi connectivity index (χ0v) is 16.3. The van der Waals surface area contributed by atoms with Crippen LogP contribution in [0.5, 0.6) is 0 Å². The third-order valence-corrected chi connectivity index (χ3v) is 5.25. The first-order chi connectivity index (χ1) is 12.9. The maximum Gasteiger partial charge on any atom is 0.252 e. The molecule has 2 aromatic carbocycles. The highest BCUT2D eigenvalue weighted by atomic mass is 35.5. The second-order valence-electron chi connectivity index (χ2n) is 6.61. The fourth-order valence-electron chi connectivity index (χ4n) is 3.33. The summed E-state index contributed by atoms with van der Waals surface area (Å²) in [6.07, 6.45) is -2.30. The molecule has 1 aliphatic heterocycles. The Morgan fingerprint density at radius 3 is 2.07 bits per heavy atom. The number of amides is 1. The van der Waals surface area contributed by atoms with Gasteiger partial charge in [0.25, 0.3) is 5.91 Å². The minimum absolute atomic E-state index is 0.0249. The largest absolute Gasteiger partial charge is 0.394 e. The molecule has 2 N–H and O–H groups in total. The summed E-state index contributed by atoms with van der Waals surface area (Å²) in [5.41, 5.74) is 1.75. The van der Waals surface area contributed by atoms with E-state index in [0.29, 0.717) is 10.0 Å². The maximum atomic E-state index is 12.8. The SMILES string of the molecule is CN1C(=O)[C@@H](C[C@H](O)CO)O[C@H](c2ccc(Cl)cc2)[C@@H]1c1ccc(Cl)cc1. The molecular weight excluding hydrogens is 389 g/mol. The van der Waals surface area contributed by atoms with Crippen LogP contribution >= 0.6 is 23.2 Å². The number of benzene rings is 2. The van der Waals surface area contributed by atoms with E-state index < -0.39 is 24.9 Å². The van der Waals surface area contributed by atoms with Crippen LogP contribution in [0, 0.1) is 0 Å². The lowest BCUT2D eigenvalue weighted by molar-refractivity contribution is -0.175. The molecule has 1 heterocycles. The van der Waals surface area contributed by atoms with E-state index in [1.54, 1.807) is 36.2 Å². The molecule has 7 heteroatoms. The van der Waals surface area contributed by atoms with Gasteiger partial charge in [-0.1, -0.05) is 47.5 Å². The summed E-state index contributed by atoms with van der Waals surface area (Å²) in [6.45, 7) is -0.428. The van der Waals surface area contributed by atoms with Crippen molar-refractivity contribution < 1.29 is 19.7 Å². The number of rotatable bonds is 5. The zero-order chi connectivity index (χ0) is 19.6. The minimum Gasteiger partial charge on any atom is -0.394 e. The van der Waals surface area contributed by atoms with Gasteiger partial charge in [0, 0.05) is 23.5 Å². The van der Waals surface area contributed by atoms with Gasteiger partial charge in [-0.15, -0.1) is 0 Å². The summed E-state index contributed by atoms with van der Waals surface area (Å²) >= 11 is 12.0. The number of aliphatic hydroxyl groups excluding tert-OH is 2. The number of carbonyl (C=O) groups is 1. The van der Waals surface area contributed by atoms with Crippen molar-refractivity contribution in [3.8, 4) is 0 Å². The lowest BCUT2D eigenvalue weighted by Crippen LogP contribution is -2.50. The Labute approximate surface area is 168 Å². The number of carbonyl (C=O) groups excluding carboxylic acids is 1. The number of hydrogen-bond acceptors (Lipinski definition) is 4. The van der Waals surface area contributed by atoms with Crippen molar-refractivity contribution in [2.45, 2.75) is 30.8 Å². The Bertz CT molecular complexity index is 782. The lowest BCUT2D eigenvalue weighted by atomic mass is 9.91. The third-order valence-electron chi connectivity index (χ3n) is 4.74. The van der Waals surface area contributed by atoms with Crippen LogP contribution in [0.3, 0.4) is 0 Å². The summed E-state index contributed by atoms with van der Waals surface area (Å²) < 4.78 is 6.13. The summed E-state index contributed by atoms with van der Waals surface area (Å²) in [7, 11) is 1.71. The molecule has 2 aromatic rings. The van der Waals surface area contributed by atoms with E-state index in [0.717, 1.165) is 11.1 Å². The molecule has 0 spiro atoms. The number of nitrogens with zero attached hydrogens (tertiary/aromatic N) is 1. The van der Waals surface area contributed by atoms with E-state index in [9.17, 15) is 9.90 Å². The number of halogens is 2. The van der Waals surface area contributed by atoms with Gasteiger partial charge in [-0.3, -0.25) is 4.79 Å². The highest BCUT2D eigenvalue weighted by Crippen LogP contribution is 2.42. The molecule has 3 rings (SSSR count). The van der Waals surface area contributed by atoms with Crippen LogP contribution in [0.25, 0.3) is 0 Å². The number of likely N-dealkylation sites (N-methyl/N-ethyl adjacent to an activating group) is 1. The Kier molecular flexibility index (Phi) is 6.40. The van der Waals surface area contributed by atoms with Gasteiger partial charge in [-0.2, -0.15) is 0 Å². The van der Waals surface area contributed by atoms with Crippen molar-refractivity contribution in [3.63, 3.8) is 0 Å². The first-order valence-corrected chi connectivity index (χ1v) is 9.38. The monoisotopic (exact) mass is 409 g/mol. The van der Waals surface area contributed by atoms with Crippen LogP contribution in [0.15, 0.2) is 48.5 Å². The smallest absolute Gasteiger partial charge is 0.252 e. The highest BCUT2D eigenvalue weighted by Gasteiger charge is 2.42. The van der Waals surface area contributed by atoms with Gasteiger partial charge in [0.2, 0.25) is 0 Å².